The number of benzene rings is 1. The molecule has 1 heterocycles. The van der Waals surface area contributed by atoms with Crippen molar-refractivity contribution in [3.8, 4) is 11.3 Å². The molecule has 104 valence electrons. The summed E-state index contributed by atoms with van der Waals surface area (Å²) in [6.45, 7) is 0. The molecule has 0 fully saturated rings. The molecule has 3 nitrogen and oxygen atoms in total. The average Bonchev–Trinajstić information content (AvgIpc) is 2.39. The van der Waals surface area contributed by atoms with Crippen LogP contribution in [0.1, 0.15) is 5.69 Å². The second-order valence-corrected chi connectivity index (χ2v) is 5.08. The van der Waals surface area contributed by atoms with Crippen molar-refractivity contribution in [3.63, 3.8) is 0 Å². The van der Waals surface area contributed by atoms with Crippen molar-refractivity contribution in [2.75, 3.05) is 0 Å². The van der Waals surface area contributed by atoms with Gasteiger partial charge in [-0.15, -0.1) is 0 Å². The summed E-state index contributed by atoms with van der Waals surface area (Å²) in [5.41, 5.74) is 0.607. The Morgan fingerprint density at radius 3 is 2.50 bits per heavy atom. The minimum absolute atomic E-state index is 0.164. The standard InChI is InChI=1S/C13H7Cl3FNO2/c14-7-2-1-6(12(15)13(7)16)9-4-3-8(17)10(18-9)5-11(19)20/h1-4H,5H2,(H,19,20). The van der Waals surface area contributed by atoms with Crippen LogP contribution in [0.15, 0.2) is 24.3 Å². The number of nitrogens with zero attached hydrogens (tertiary/aromatic N) is 1. The molecule has 0 atom stereocenters. The molecule has 2 aromatic rings. The van der Waals surface area contributed by atoms with Crippen molar-refractivity contribution in [2.45, 2.75) is 6.42 Å². The third-order valence-corrected chi connectivity index (χ3v) is 3.84. The molecular weight excluding hydrogens is 328 g/mol. The molecule has 1 aromatic heterocycles. The summed E-state index contributed by atoms with van der Waals surface area (Å²) in [4.78, 5) is 14.6. The van der Waals surface area contributed by atoms with Gasteiger partial charge in [0.15, 0.2) is 0 Å². The van der Waals surface area contributed by atoms with Crippen LogP contribution in [0.3, 0.4) is 0 Å². The lowest BCUT2D eigenvalue weighted by Crippen LogP contribution is -2.05. The van der Waals surface area contributed by atoms with Gasteiger partial charge in [-0.25, -0.2) is 9.37 Å². The van der Waals surface area contributed by atoms with E-state index < -0.39 is 18.2 Å². The summed E-state index contributed by atoms with van der Waals surface area (Å²) in [6, 6.07) is 5.65. The molecule has 20 heavy (non-hydrogen) atoms. The molecule has 0 aliphatic rings. The molecule has 1 aromatic carbocycles. The number of hydrogen-bond acceptors (Lipinski definition) is 2. The monoisotopic (exact) mass is 333 g/mol. The molecule has 0 radical (unpaired) electrons. The number of carboxylic acids is 1. The van der Waals surface area contributed by atoms with E-state index in [1.54, 1.807) is 6.07 Å². The molecule has 0 amide bonds. The first kappa shape index (κ1) is 15.0. The van der Waals surface area contributed by atoms with Gasteiger partial charge in [-0.3, -0.25) is 4.79 Å². The molecule has 0 aliphatic carbocycles. The highest BCUT2D eigenvalue weighted by molar-refractivity contribution is 6.49. The van der Waals surface area contributed by atoms with E-state index >= 15 is 0 Å². The quantitative estimate of drug-likeness (QED) is 0.842. The summed E-state index contributed by atoms with van der Waals surface area (Å²) in [6.07, 6.45) is -0.515. The summed E-state index contributed by atoms with van der Waals surface area (Å²) in [5.74, 6) is -1.86. The number of aliphatic carboxylic acids is 1. The van der Waals surface area contributed by atoms with Crippen molar-refractivity contribution < 1.29 is 14.3 Å². The predicted octanol–water partition coefficient (Wildman–Crippen LogP) is 4.48. The molecular formula is C13H7Cl3FNO2. The molecule has 0 saturated heterocycles. The van der Waals surface area contributed by atoms with Gasteiger partial charge in [-0.1, -0.05) is 34.8 Å². The Labute approximate surface area is 128 Å². The first-order valence-corrected chi connectivity index (χ1v) is 6.54. The van der Waals surface area contributed by atoms with Gasteiger partial charge in [0.1, 0.15) is 5.82 Å². The zero-order chi connectivity index (χ0) is 14.9. The lowest BCUT2D eigenvalue weighted by atomic mass is 10.1. The normalized spacial score (nSPS) is 10.6. The SMILES string of the molecule is O=C(O)Cc1nc(-c2ccc(Cl)c(Cl)c2Cl)ccc1F. The topological polar surface area (TPSA) is 50.2 Å². The maximum atomic E-state index is 13.5. The third kappa shape index (κ3) is 3.03. The Morgan fingerprint density at radius 1 is 1.15 bits per heavy atom. The summed E-state index contributed by atoms with van der Waals surface area (Å²) in [5, 5.41) is 9.35. The van der Waals surface area contributed by atoms with Gasteiger partial charge in [0.25, 0.3) is 0 Å². The van der Waals surface area contributed by atoms with Gasteiger partial charge in [-0.05, 0) is 24.3 Å². The van der Waals surface area contributed by atoms with Crippen LogP contribution in [0.25, 0.3) is 11.3 Å². The summed E-state index contributed by atoms with van der Waals surface area (Å²) >= 11 is 17.8. The number of hydrogen-bond donors (Lipinski definition) is 1. The lowest BCUT2D eigenvalue weighted by Gasteiger charge is -2.08. The molecule has 0 saturated carbocycles. The summed E-state index contributed by atoms with van der Waals surface area (Å²) in [7, 11) is 0. The number of carbonyl (C=O) groups is 1. The maximum Gasteiger partial charge on any atom is 0.309 e. The number of rotatable bonds is 3. The van der Waals surface area contributed by atoms with Crippen molar-refractivity contribution in [1.29, 1.82) is 0 Å². The number of aromatic nitrogens is 1. The highest BCUT2D eigenvalue weighted by Gasteiger charge is 2.15. The van der Waals surface area contributed by atoms with Crippen molar-refractivity contribution >= 4 is 40.8 Å². The van der Waals surface area contributed by atoms with Crippen LogP contribution in [0.5, 0.6) is 0 Å². The molecule has 0 bridgehead atoms. The number of carboxylic acid groups (broad SMARTS) is 1. The van der Waals surface area contributed by atoms with E-state index in [2.05, 4.69) is 4.98 Å². The number of halogens is 4. The third-order valence-electron chi connectivity index (χ3n) is 2.55. The highest BCUT2D eigenvalue weighted by atomic mass is 35.5. The van der Waals surface area contributed by atoms with E-state index in [1.165, 1.54) is 12.1 Å². The van der Waals surface area contributed by atoms with Gasteiger partial charge in [0.05, 0.1) is 32.9 Å². The zero-order valence-electron chi connectivity index (χ0n) is 9.83. The maximum absolute atomic E-state index is 13.5. The van der Waals surface area contributed by atoms with Gasteiger partial charge in [-0.2, -0.15) is 0 Å². The van der Waals surface area contributed by atoms with E-state index in [1.807, 2.05) is 0 Å². The second-order valence-electron chi connectivity index (χ2n) is 3.92. The van der Waals surface area contributed by atoms with Crippen LogP contribution < -0.4 is 0 Å². The van der Waals surface area contributed by atoms with E-state index in [0.717, 1.165) is 6.07 Å². The Hall–Kier alpha value is -1.36. The van der Waals surface area contributed by atoms with Gasteiger partial charge in [0, 0.05) is 5.56 Å². The van der Waals surface area contributed by atoms with Gasteiger partial charge >= 0.3 is 5.97 Å². The fraction of sp³-hybridized carbons (Fsp3) is 0.0769. The Kier molecular flexibility index (Phi) is 4.48. The van der Waals surface area contributed by atoms with Crippen molar-refractivity contribution in [1.82, 2.24) is 4.98 Å². The van der Waals surface area contributed by atoms with Crippen LogP contribution in [-0.4, -0.2) is 16.1 Å². The first-order valence-electron chi connectivity index (χ1n) is 5.41. The minimum atomic E-state index is -1.17. The Morgan fingerprint density at radius 2 is 1.85 bits per heavy atom. The van der Waals surface area contributed by atoms with E-state index in [-0.39, 0.29) is 20.8 Å². The van der Waals surface area contributed by atoms with Crippen LogP contribution in [0.2, 0.25) is 15.1 Å². The lowest BCUT2D eigenvalue weighted by molar-refractivity contribution is -0.136. The fourth-order valence-electron chi connectivity index (χ4n) is 1.63. The van der Waals surface area contributed by atoms with Crippen molar-refractivity contribution in [2.24, 2.45) is 0 Å². The molecule has 1 N–H and O–H groups in total. The molecule has 2 rings (SSSR count). The van der Waals surface area contributed by atoms with Gasteiger partial charge in [0.2, 0.25) is 0 Å². The smallest absolute Gasteiger partial charge is 0.309 e. The Balaban J connectivity index is 2.54. The van der Waals surface area contributed by atoms with Crippen LogP contribution in [0.4, 0.5) is 4.39 Å². The molecule has 7 heteroatoms. The van der Waals surface area contributed by atoms with E-state index in [4.69, 9.17) is 39.9 Å². The van der Waals surface area contributed by atoms with Crippen LogP contribution in [-0.2, 0) is 11.2 Å². The molecule has 0 aliphatic heterocycles. The molecule has 0 spiro atoms. The summed E-state index contributed by atoms with van der Waals surface area (Å²) < 4.78 is 13.5. The minimum Gasteiger partial charge on any atom is -0.481 e. The molecule has 0 unspecified atom stereocenters. The van der Waals surface area contributed by atoms with E-state index in [0.29, 0.717) is 11.3 Å². The van der Waals surface area contributed by atoms with E-state index in [9.17, 15) is 9.18 Å². The average molecular weight is 335 g/mol. The zero-order valence-corrected chi connectivity index (χ0v) is 12.1. The predicted molar refractivity (Wildman–Crippen MR) is 76.0 cm³/mol. The number of pyridine rings is 1. The van der Waals surface area contributed by atoms with Crippen LogP contribution >= 0.6 is 34.8 Å². The van der Waals surface area contributed by atoms with Gasteiger partial charge < -0.3 is 5.11 Å². The Bertz CT molecular complexity index is 692. The van der Waals surface area contributed by atoms with Crippen LogP contribution in [0, 0.1) is 5.82 Å². The fourth-order valence-corrected chi connectivity index (χ4v) is 2.26. The largest absolute Gasteiger partial charge is 0.481 e. The first-order chi connectivity index (χ1) is 9.40. The van der Waals surface area contributed by atoms with Crippen molar-refractivity contribution in [3.05, 3.63) is 50.8 Å². The highest BCUT2D eigenvalue weighted by Crippen LogP contribution is 2.37. The second kappa shape index (κ2) is 5.95.